The zero-order valence-corrected chi connectivity index (χ0v) is 12.3. The van der Waals surface area contributed by atoms with Crippen molar-refractivity contribution in [3.05, 3.63) is 65.5 Å². The third-order valence-corrected chi connectivity index (χ3v) is 4.78. The van der Waals surface area contributed by atoms with Crippen molar-refractivity contribution >= 4 is 10.0 Å². The van der Waals surface area contributed by atoms with Crippen LogP contribution in [0, 0.1) is 5.82 Å². The van der Waals surface area contributed by atoms with Gasteiger partial charge in [0.1, 0.15) is 5.82 Å². The molecule has 2 N–H and O–H groups in total. The van der Waals surface area contributed by atoms with Crippen LogP contribution in [0.2, 0.25) is 0 Å². The summed E-state index contributed by atoms with van der Waals surface area (Å²) in [4.78, 5) is 0.0430. The van der Waals surface area contributed by atoms with Crippen LogP contribution in [0.15, 0.2) is 53.4 Å². The van der Waals surface area contributed by atoms with Gasteiger partial charge in [-0.05, 0) is 36.2 Å². The molecule has 0 fully saturated rings. The van der Waals surface area contributed by atoms with Crippen LogP contribution >= 0.6 is 0 Å². The van der Waals surface area contributed by atoms with Crippen LogP contribution in [0.3, 0.4) is 0 Å². The summed E-state index contributed by atoms with van der Waals surface area (Å²) in [5.41, 5.74) is 0.984. The summed E-state index contributed by atoms with van der Waals surface area (Å²) in [5.74, 6) is -0.376. The summed E-state index contributed by atoms with van der Waals surface area (Å²) >= 11 is 0. The van der Waals surface area contributed by atoms with Gasteiger partial charge in [0.25, 0.3) is 0 Å². The molecule has 0 aromatic heterocycles. The van der Waals surface area contributed by atoms with Crippen molar-refractivity contribution in [2.24, 2.45) is 0 Å². The van der Waals surface area contributed by atoms with Gasteiger partial charge >= 0.3 is 0 Å². The first-order valence-corrected chi connectivity index (χ1v) is 7.89. The second kappa shape index (κ2) is 6.34. The molecule has 6 heteroatoms. The minimum Gasteiger partial charge on any atom is -0.392 e. The summed E-state index contributed by atoms with van der Waals surface area (Å²) in [6.45, 7) is 1.31. The molecule has 0 radical (unpaired) electrons. The molecule has 1 atom stereocenters. The first-order chi connectivity index (χ1) is 9.94. The van der Waals surface area contributed by atoms with Gasteiger partial charge < -0.3 is 5.11 Å². The smallest absolute Gasteiger partial charge is 0.241 e. The Morgan fingerprint density at radius 1 is 1.14 bits per heavy atom. The van der Waals surface area contributed by atoms with Crippen LogP contribution in [0.4, 0.5) is 4.39 Å². The van der Waals surface area contributed by atoms with E-state index in [1.165, 1.54) is 30.3 Å². The first-order valence-electron chi connectivity index (χ1n) is 6.40. The highest BCUT2D eigenvalue weighted by molar-refractivity contribution is 7.89. The molecule has 0 aliphatic carbocycles. The third-order valence-electron chi connectivity index (χ3n) is 3.13. The number of aliphatic hydroxyl groups excluding tert-OH is 1. The number of hydrogen-bond acceptors (Lipinski definition) is 3. The lowest BCUT2D eigenvalue weighted by atomic mass is 10.1. The van der Waals surface area contributed by atoms with Crippen molar-refractivity contribution in [3.8, 4) is 0 Å². The van der Waals surface area contributed by atoms with E-state index in [1.807, 2.05) is 0 Å². The number of aliphatic hydroxyl groups is 1. The van der Waals surface area contributed by atoms with Crippen LogP contribution in [-0.2, 0) is 16.6 Å². The average Bonchev–Trinajstić information content (AvgIpc) is 2.47. The molecule has 2 aromatic carbocycles. The standard InChI is InChI=1S/C15H16FNO3S/c1-11(12-6-8-14(16)9-7-12)17-21(19,20)15-5-3-2-4-13(15)10-18/h2-9,11,17-18H,10H2,1H3. The summed E-state index contributed by atoms with van der Waals surface area (Å²) in [6, 6.07) is 11.3. The van der Waals surface area contributed by atoms with Gasteiger partial charge in [0.15, 0.2) is 0 Å². The molecule has 2 aromatic rings. The maximum Gasteiger partial charge on any atom is 0.241 e. The SMILES string of the molecule is CC(NS(=O)(=O)c1ccccc1CO)c1ccc(F)cc1. The molecule has 0 aliphatic heterocycles. The molecule has 0 heterocycles. The fourth-order valence-corrected chi connectivity index (χ4v) is 3.48. The van der Waals surface area contributed by atoms with Crippen molar-refractivity contribution in [1.29, 1.82) is 0 Å². The van der Waals surface area contributed by atoms with E-state index in [0.29, 0.717) is 11.1 Å². The van der Waals surface area contributed by atoms with Crippen LogP contribution in [0.5, 0.6) is 0 Å². The summed E-state index contributed by atoms with van der Waals surface area (Å²) < 4.78 is 40.1. The van der Waals surface area contributed by atoms with E-state index in [0.717, 1.165) is 0 Å². The normalized spacial score (nSPS) is 13.1. The molecule has 4 nitrogen and oxygen atoms in total. The lowest BCUT2D eigenvalue weighted by molar-refractivity contribution is 0.278. The summed E-state index contributed by atoms with van der Waals surface area (Å²) in [5, 5.41) is 9.23. The maximum absolute atomic E-state index is 12.9. The van der Waals surface area contributed by atoms with Crippen LogP contribution in [0.1, 0.15) is 24.1 Å². The van der Waals surface area contributed by atoms with Crippen molar-refractivity contribution in [3.63, 3.8) is 0 Å². The summed E-state index contributed by atoms with van der Waals surface area (Å²) in [6.07, 6.45) is 0. The molecular weight excluding hydrogens is 293 g/mol. The predicted molar refractivity (Wildman–Crippen MR) is 77.5 cm³/mol. The number of halogens is 1. The number of hydrogen-bond donors (Lipinski definition) is 2. The molecule has 0 bridgehead atoms. The van der Waals surface area contributed by atoms with Gasteiger partial charge in [-0.3, -0.25) is 0 Å². The Morgan fingerprint density at radius 3 is 2.38 bits per heavy atom. The lowest BCUT2D eigenvalue weighted by Gasteiger charge is -2.16. The average molecular weight is 309 g/mol. The lowest BCUT2D eigenvalue weighted by Crippen LogP contribution is -2.27. The fourth-order valence-electron chi connectivity index (χ4n) is 2.01. The quantitative estimate of drug-likeness (QED) is 0.891. The molecule has 1 unspecified atom stereocenters. The Morgan fingerprint density at radius 2 is 1.76 bits per heavy atom. The minimum atomic E-state index is -3.76. The molecule has 0 spiro atoms. The van der Waals surface area contributed by atoms with E-state index >= 15 is 0 Å². The van der Waals surface area contributed by atoms with Gasteiger partial charge in [-0.2, -0.15) is 0 Å². The largest absolute Gasteiger partial charge is 0.392 e. The molecule has 21 heavy (non-hydrogen) atoms. The number of nitrogens with one attached hydrogen (secondary N) is 1. The molecule has 2 rings (SSSR count). The van der Waals surface area contributed by atoms with Gasteiger partial charge in [0.2, 0.25) is 10.0 Å². The molecule has 112 valence electrons. The number of sulfonamides is 1. The van der Waals surface area contributed by atoms with E-state index in [-0.39, 0.29) is 17.3 Å². The van der Waals surface area contributed by atoms with E-state index in [9.17, 15) is 17.9 Å². The molecule has 0 aliphatic rings. The minimum absolute atomic E-state index is 0.0430. The van der Waals surface area contributed by atoms with E-state index < -0.39 is 16.1 Å². The Bertz CT molecular complexity index is 714. The highest BCUT2D eigenvalue weighted by atomic mass is 32.2. The first kappa shape index (κ1) is 15.6. The molecular formula is C15H16FNO3S. The van der Waals surface area contributed by atoms with E-state index in [1.54, 1.807) is 25.1 Å². The van der Waals surface area contributed by atoms with Crippen molar-refractivity contribution in [2.45, 2.75) is 24.5 Å². The Kier molecular flexibility index (Phi) is 4.72. The zero-order chi connectivity index (χ0) is 15.5. The van der Waals surface area contributed by atoms with E-state index in [4.69, 9.17) is 0 Å². The Labute approximate surface area is 123 Å². The van der Waals surface area contributed by atoms with E-state index in [2.05, 4.69) is 4.72 Å². The predicted octanol–water partition coefficient (Wildman–Crippen LogP) is 2.36. The highest BCUT2D eigenvalue weighted by Crippen LogP contribution is 2.20. The van der Waals surface area contributed by atoms with Gasteiger partial charge in [0.05, 0.1) is 11.5 Å². The highest BCUT2D eigenvalue weighted by Gasteiger charge is 2.20. The van der Waals surface area contributed by atoms with Crippen LogP contribution in [0.25, 0.3) is 0 Å². The second-order valence-corrected chi connectivity index (χ2v) is 6.34. The van der Waals surface area contributed by atoms with Crippen molar-refractivity contribution in [2.75, 3.05) is 0 Å². The zero-order valence-electron chi connectivity index (χ0n) is 11.5. The topological polar surface area (TPSA) is 66.4 Å². The van der Waals surface area contributed by atoms with Gasteiger partial charge in [0, 0.05) is 6.04 Å². The number of rotatable bonds is 5. The second-order valence-electron chi connectivity index (χ2n) is 4.66. The van der Waals surface area contributed by atoms with Gasteiger partial charge in [-0.15, -0.1) is 0 Å². The molecule has 0 saturated carbocycles. The third kappa shape index (κ3) is 3.66. The van der Waals surface area contributed by atoms with Gasteiger partial charge in [-0.25, -0.2) is 17.5 Å². The van der Waals surface area contributed by atoms with Crippen LogP contribution < -0.4 is 4.72 Å². The van der Waals surface area contributed by atoms with Gasteiger partial charge in [-0.1, -0.05) is 30.3 Å². The molecule has 0 amide bonds. The number of benzene rings is 2. The Hall–Kier alpha value is -1.76. The fraction of sp³-hybridized carbons (Fsp3) is 0.200. The Balaban J connectivity index is 2.26. The summed E-state index contributed by atoms with van der Waals surface area (Å²) in [7, 11) is -3.76. The maximum atomic E-state index is 12.9. The van der Waals surface area contributed by atoms with Crippen LogP contribution in [-0.4, -0.2) is 13.5 Å². The molecule has 0 saturated heterocycles. The monoisotopic (exact) mass is 309 g/mol. The van der Waals surface area contributed by atoms with Crippen molar-refractivity contribution < 1.29 is 17.9 Å². The van der Waals surface area contributed by atoms with Crippen molar-refractivity contribution in [1.82, 2.24) is 4.72 Å².